The van der Waals surface area contributed by atoms with Crippen molar-refractivity contribution in [1.29, 1.82) is 0 Å². The largest absolute Gasteiger partial charge is 0.469 e. The van der Waals surface area contributed by atoms with E-state index in [-0.39, 0.29) is 0 Å². The maximum atomic E-state index is 10.4. The lowest BCUT2D eigenvalue weighted by atomic mass is 9.77. The van der Waals surface area contributed by atoms with E-state index in [4.69, 9.17) is 4.42 Å². The zero-order valence-electron chi connectivity index (χ0n) is 8.70. The second-order valence-corrected chi connectivity index (χ2v) is 4.68. The molecule has 2 atom stereocenters. The quantitative estimate of drug-likeness (QED) is 0.785. The Labute approximate surface area is 84.9 Å². The molecule has 0 aliphatic heterocycles. The van der Waals surface area contributed by atoms with E-state index >= 15 is 0 Å². The van der Waals surface area contributed by atoms with Gasteiger partial charge in [-0.15, -0.1) is 0 Å². The molecule has 1 heterocycles. The fourth-order valence-corrected chi connectivity index (χ4v) is 2.53. The molecule has 2 nitrogen and oxygen atoms in total. The average molecular weight is 194 g/mol. The molecule has 1 aliphatic rings. The Bertz CT molecular complexity index is 279. The van der Waals surface area contributed by atoms with Crippen LogP contribution in [0.25, 0.3) is 0 Å². The van der Waals surface area contributed by atoms with Gasteiger partial charge in [0.25, 0.3) is 0 Å². The summed E-state index contributed by atoms with van der Waals surface area (Å²) in [6, 6.07) is 3.82. The predicted octanol–water partition coefficient (Wildman–Crippen LogP) is 2.76. The highest BCUT2D eigenvalue weighted by Crippen LogP contribution is 2.34. The minimum Gasteiger partial charge on any atom is -0.469 e. The fraction of sp³-hybridized carbons (Fsp3) is 0.667. The zero-order chi connectivity index (χ0) is 10.0. The van der Waals surface area contributed by atoms with Gasteiger partial charge in [-0.2, -0.15) is 0 Å². The van der Waals surface area contributed by atoms with Crippen LogP contribution in [0.5, 0.6) is 0 Å². The zero-order valence-corrected chi connectivity index (χ0v) is 8.70. The molecule has 0 radical (unpaired) electrons. The van der Waals surface area contributed by atoms with Gasteiger partial charge in [-0.05, 0) is 30.9 Å². The lowest BCUT2D eigenvalue weighted by Crippen LogP contribution is -2.36. The molecule has 0 saturated heterocycles. The van der Waals surface area contributed by atoms with Crippen LogP contribution < -0.4 is 0 Å². The minimum absolute atomic E-state index is 0.518. The molecule has 1 aliphatic carbocycles. The third kappa shape index (κ3) is 2.18. The maximum absolute atomic E-state index is 10.4. The molecule has 2 unspecified atom stereocenters. The smallest absolute Gasteiger partial charge is 0.106 e. The van der Waals surface area contributed by atoms with Crippen molar-refractivity contribution >= 4 is 0 Å². The topological polar surface area (TPSA) is 33.4 Å². The number of furan rings is 1. The summed E-state index contributed by atoms with van der Waals surface area (Å²) in [7, 11) is 0. The first-order valence-corrected chi connectivity index (χ1v) is 5.43. The second-order valence-electron chi connectivity index (χ2n) is 4.68. The van der Waals surface area contributed by atoms with Crippen LogP contribution in [-0.4, -0.2) is 10.7 Å². The lowest BCUT2D eigenvalue weighted by Gasteiger charge is -2.34. The van der Waals surface area contributed by atoms with Gasteiger partial charge in [-0.25, -0.2) is 0 Å². The summed E-state index contributed by atoms with van der Waals surface area (Å²) < 4.78 is 5.28. The molecule has 0 spiro atoms. The van der Waals surface area contributed by atoms with Crippen molar-refractivity contribution in [2.45, 2.75) is 44.6 Å². The van der Waals surface area contributed by atoms with Gasteiger partial charge >= 0.3 is 0 Å². The summed E-state index contributed by atoms with van der Waals surface area (Å²) >= 11 is 0. The van der Waals surface area contributed by atoms with E-state index < -0.39 is 5.60 Å². The number of aliphatic hydroxyl groups is 1. The van der Waals surface area contributed by atoms with Crippen LogP contribution in [0.4, 0.5) is 0 Å². The summed E-state index contributed by atoms with van der Waals surface area (Å²) in [6.07, 6.45) is 6.56. The number of rotatable bonds is 2. The van der Waals surface area contributed by atoms with E-state index in [9.17, 15) is 5.11 Å². The first-order valence-electron chi connectivity index (χ1n) is 5.43. The molecule has 0 aromatic carbocycles. The van der Waals surface area contributed by atoms with E-state index in [0.29, 0.717) is 12.3 Å². The van der Waals surface area contributed by atoms with Gasteiger partial charge in [-0.3, -0.25) is 0 Å². The lowest BCUT2D eigenvalue weighted by molar-refractivity contribution is -0.0161. The third-order valence-electron chi connectivity index (χ3n) is 3.15. The molecule has 2 heteroatoms. The first-order chi connectivity index (χ1) is 6.68. The van der Waals surface area contributed by atoms with Crippen LogP contribution in [0, 0.1) is 5.92 Å². The van der Waals surface area contributed by atoms with Crippen molar-refractivity contribution in [1.82, 2.24) is 0 Å². The highest BCUT2D eigenvalue weighted by Gasteiger charge is 2.33. The Morgan fingerprint density at radius 2 is 2.50 bits per heavy atom. The van der Waals surface area contributed by atoms with Crippen molar-refractivity contribution < 1.29 is 9.52 Å². The summed E-state index contributed by atoms with van der Waals surface area (Å²) in [5, 5.41) is 10.4. The van der Waals surface area contributed by atoms with Gasteiger partial charge in [-0.1, -0.05) is 19.8 Å². The molecule has 0 amide bonds. The third-order valence-corrected chi connectivity index (χ3v) is 3.15. The van der Waals surface area contributed by atoms with Crippen LogP contribution >= 0.6 is 0 Å². The minimum atomic E-state index is -0.518. The number of hydrogen-bond acceptors (Lipinski definition) is 2. The normalized spacial score (nSPS) is 33.1. The first kappa shape index (κ1) is 9.78. The van der Waals surface area contributed by atoms with Gasteiger partial charge in [0.2, 0.25) is 0 Å². The van der Waals surface area contributed by atoms with Crippen LogP contribution in [0.3, 0.4) is 0 Å². The fourth-order valence-electron chi connectivity index (χ4n) is 2.53. The highest BCUT2D eigenvalue weighted by atomic mass is 16.3. The van der Waals surface area contributed by atoms with Gasteiger partial charge in [0.05, 0.1) is 11.9 Å². The molecule has 1 aromatic rings. The average Bonchev–Trinajstić information content (AvgIpc) is 2.55. The van der Waals surface area contributed by atoms with Gasteiger partial charge in [0.15, 0.2) is 0 Å². The van der Waals surface area contributed by atoms with E-state index in [0.717, 1.165) is 25.0 Å². The van der Waals surface area contributed by atoms with Crippen molar-refractivity contribution in [3.8, 4) is 0 Å². The molecular formula is C12H18O2. The molecule has 2 rings (SSSR count). The highest BCUT2D eigenvalue weighted by molar-refractivity contribution is 5.04. The monoisotopic (exact) mass is 194 g/mol. The molecule has 1 fully saturated rings. The van der Waals surface area contributed by atoms with Gasteiger partial charge < -0.3 is 9.52 Å². The van der Waals surface area contributed by atoms with Crippen molar-refractivity contribution in [2.75, 3.05) is 0 Å². The molecule has 1 N–H and O–H groups in total. The maximum Gasteiger partial charge on any atom is 0.106 e. The van der Waals surface area contributed by atoms with Crippen LogP contribution in [0.2, 0.25) is 0 Å². The molecule has 78 valence electrons. The Balaban J connectivity index is 2.01. The summed E-state index contributed by atoms with van der Waals surface area (Å²) in [4.78, 5) is 0. The standard InChI is InChI=1S/C12H18O2/c1-10-4-2-6-12(13,8-10)9-11-5-3-7-14-11/h3,5,7,10,13H,2,4,6,8-9H2,1H3. The predicted molar refractivity (Wildman–Crippen MR) is 55.0 cm³/mol. The van der Waals surface area contributed by atoms with Crippen molar-refractivity contribution in [3.05, 3.63) is 24.2 Å². The number of hydrogen-bond donors (Lipinski definition) is 1. The molecule has 1 saturated carbocycles. The summed E-state index contributed by atoms with van der Waals surface area (Å²) in [5.41, 5.74) is -0.518. The van der Waals surface area contributed by atoms with Gasteiger partial charge in [0.1, 0.15) is 5.76 Å². The van der Waals surface area contributed by atoms with Crippen LogP contribution in [0.1, 0.15) is 38.4 Å². The SMILES string of the molecule is CC1CCCC(O)(Cc2ccco2)C1. The van der Waals surface area contributed by atoms with Crippen molar-refractivity contribution in [2.24, 2.45) is 5.92 Å². The Morgan fingerprint density at radius 1 is 1.64 bits per heavy atom. The molecule has 0 bridgehead atoms. The van der Waals surface area contributed by atoms with E-state index in [1.54, 1.807) is 6.26 Å². The van der Waals surface area contributed by atoms with Crippen LogP contribution in [-0.2, 0) is 6.42 Å². The molecule has 1 aromatic heterocycles. The molecule has 14 heavy (non-hydrogen) atoms. The van der Waals surface area contributed by atoms with Gasteiger partial charge in [0, 0.05) is 6.42 Å². The van der Waals surface area contributed by atoms with E-state index in [2.05, 4.69) is 6.92 Å². The molecular weight excluding hydrogens is 176 g/mol. The Kier molecular flexibility index (Phi) is 2.64. The van der Waals surface area contributed by atoms with E-state index in [1.165, 1.54) is 6.42 Å². The van der Waals surface area contributed by atoms with Crippen LogP contribution in [0.15, 0.2) is 22.8 Å². The van der Waals surface area contributed by atoms with E-state index in [1.807, 2.05) is 12.1 Å². The summed E-state index contributed by atoms with van der Waals surface area (Å²) in [5.74, 6) is 1.55. The second kappa shape index (κ2) is 3.77. The van der Waals surface area contributed by atoms with Crippen molar-refractivity contribution in [3.63, 3.8) is 0 Å². The Morgan fingerprint density at radius 3 is 3.14 bits per heavy atom. The summed E-state index contributed by atoms with van der Waals surface area (Å²) in [6.45, 7) is 2.21. The Hall–Kier alpha value is -0.760.